The monoisotopic (exact) mass is 228 g/mol. The third-order valence-electron chi connectivity index (χ3n) is 2.86. The predicted octanol–water partition coefficient (Wildman–Crippen LogP) is 4.33. The highest BCUT2D eigenvalue weighted by molar-refractivity contribution is 6.20. The summed E-state index contributed by atoms with van der Waals surface area (Å²) >= 11 is 6.16. The Morgan fingerprint density at radius 2 is 2.07 bits per heavy atom. The van der Waals surface area contributed by atoms with Gasteiger partial charge in [0.1, 0.15) is 5.82 Å². The molecule has 0 spiro atoms. The van der Waals surface area contributed by atoms with E-state index in [2.05, 4.69) is 13.8 Å². The molecule has 0 amide bonds. The third-order valence-corrected chi connectivity index (χ3v) is 3.60. The molecule has 1 rings (SSSR count). The van der Waals surface area contributed by atoms with Gasteiger partial charge in [-0.1, -0.05) is 19.9 Å². The molecule has 0 bridgehead atoms. The molecule has 84 valence electrons. The van der Waals surface area contributed by atoms with E-state index in [-0.39, 0.29) is 11.2 Å². The molecular formula is C13H18ClF. The Hall–Kier alpha value is -0.560. The molecule has 0 fully saturated rings. The summed E-state index contributed by atoms with van der Waals surface area (Å²) in [6.45, 7) is 6.20. The minimum absolute atomic E-state index is 0.162. The summed E-state index contributed by atoms with van der Waals surface area (Å²) in [7, 11) is 0. The molecule has 15 heavy (non-hydrogen) atoms. The van der Waals surface area contributed by atoms with Crippen LogP contribution in [-0.4, -0.2) is 5.38 Å². The van der Waals surface area contributed by atoms with Crippen LogP contribution in [0.25, 0.3) is 0 Å². The van der Waals surface area contributed by atoms with E-state index in [9.17, 15) is 4.39 Å². The minimum Gasteiger partial charge on any atom is -0.207 e. The fourth-order valence-electron chi connectivity index (χ4n) is 1.74. The van der Waals surface area contributed by atoms with Crippen LogP contribution in [-0.2, 0) is 6.42 Å². The van der Waals surface area contributed by atoms with E-state index in [1.54, 1.807) is 6.07 Å². The maximum atomic E-state index is 13.0. The standard InChI is InChI=1S/C13H18ClF/c1-4-13(14)10(3)7-11-8-12(15)6-5-9(11)2/h5-6,8,10,13H,4,7H2,1-3H3. The summed E-state index contributed by atoms with van der Waals surface area (Å²) in [6, 6.07) is 4.94. The average molecular weight is 229 g/mol. The van der Waals surface area contributed by atoms with Gasteiger partial charge >= 0.3 is 0 Å². The second-order valence-electron chi connectivity index (χ2n) is 4.18. The van der Waals surface area contributed by atoms with Crippen LogP contribution in [0.1, 0.15) is 31.4 Å². The molecule has 0 heterocycles. The molecule has 0 aromatic heterocycles. The van der Waals surface area contributed by atoms with Gasteiger partial charge in [0.25, 0.3) is 0 Å². The Kier molecular flexibility index (Phi) is 4.59. The summed E-state index contributed by atoms with van der Waals surface area (Å²) < 4.78 is 13.0. The van der Waals surface area contributed by atoms with Gasteiger partial charge in [-0.15, -0.1) is 11.6 Å². The van der Waals surface area contributed by atoms with Crippen molar-refractivity contribution in [2.24, 2.45) is 5.92 Å². The van der Waals surface area contributed by atoms with Gasteiger partial charge in [0.2, 0.25) is 0 Å². The van der Waals surface area contributed by atoms with E-state index in [0.29, 0.717) is 5.92 Å². The van der Waals surface area contributed by atoms with E-state index in [1.807, 2.05) is 13.0 Å². The lowest BCUT2D eigenvalue weighted by atomic mass is 9.94. The van der Waals surface area contributed by atoms with E-state index in [0.717, 1.165) is 24.0 Å². The van der Waals surface area contributed by atoms with Crippen LogP contribution >= 0.6 is 11.6 Å². The molecule has 0 aliphatic rings. The normalized spacial score (nSPS) is 15.0. The third kappa shape index (κ3) is 3.49. The molecule has 2 atom stereocenters. The van der Waals surface area contributed by atoms with Gasteiger partial charge in [0.15, 0.2) is 0 Å². The molecule has 0 N–H and O–H groups in total. The molecule has 0 nitrogen and oxygen atoms in total. The smallest absolute Gasteiger partial charge is 0.123 e. The number of aryl methyl sites for hydroxylation is 1. The minimum atomic E-state index is -0.162. The molecule has 0 saturated heterocycles. The largest absolute Gasteiger partial charge is 0.207 e. The first-order valence-corrected chi connectivity index (χ1v) is 5.87. The number of benzene rings is 1. The molecule has 0 radical (unpaired) electrons. The number of halogens is 2. The zero-order valence-corrected chi connectivity index (χ0v) is 10.3. The fourth-order valence-corrected chi connectivity index (χ4v) is 1.83. The second kappa shape index (κ2) is 5.50. The zero-order chi connectivity index (χ0) is 11.4. The van der Waals surface area contributed by atoms with Crippen LogP contribution in [0.3, 0.4) is 0 Å². The Morgan fingerprint density at radius 1 is 1.40 bits per heavy atom. The summed E-state index contributed by atoms with van der Waals surface area (Å²) in [5.74, 6) is 0.225. The lowest BCUT2D eigenvalue weighted by molar-refractivity contribution is 0.527. The maximum absolute atomic E-state index is 13.0. The van der Waals surface area contributed by atoms with Crippen LogP contribution in [0.5, 0.6) is 0 Å². The highest BCUT2D eigenvalue weighted by atomic mass is 35.5. The topological polar surface area (TPSA) is 0 Å². The lowest BCUT2D eigenvalue weighted by Crippen LogP contribution is -2.13. The Labute approximate surface area is 96.5 Å². The van der Waals surface area contributed by atoms with Crippen molar-refractivity contribution >= 4 is 11.6 Å². The van der Waals surface area contributed by atoms with Gasteiger partial charge in [-0.25, -0.2) is 4.39 Å². The van der Waals surface area contributed by atoms with Crippen molar-refractivity contribution in [1.82, 2.24) is 0 Å². The first-order valence-electron chi connectivity index (χ1n) is 5.43. The molecule has 1 aromatic carbocycles. The maximum Gasteiger partial charge on any atom is 0.123 e. The predicted molar refractivity (Wildman–Crippen MR) is 63.9 cm³/mol. The molecule has 1 aromatic rings. The number of rotatable bonds is 4. The van der Waals surface area contributed by atoms with Crippen LogP contribution in [0.4, 0.5) is 4.39 Å². The summed E-state index contributed by atoms with van der Waals surface area (Å²) in [5.41, 5.74) is 2.21. The van der Waals surface area contributed by atoms with Gasteiger partial charge in [0.05, 0.1) is 0 Å². The first-order chi connectivity index (χ1) is 7.04. The average Bonchev–Trinajstić information content (AvgIpc) is 2.22. The van der Waals surface area contributed by atoms with Crippen molar-refractivity contribution in [3.63, 3.8) is 0 Å². The molecule has 0 saturated carbocycles. The van der Waals surface area contributed by atoms with Crippen LogP contribution < -0.4 is 0 Å². The van der Waals surface area contributed by atoms with Crippen molar-refractivity contribution in [1.29, 1.82) is 0 Å². The quantitative estimate of drug-likeness (QED) is 0.673. The number of hydrogen-bond donors (Lipinski definition) is 0. The van der Waals surface area contributed by atoms with Crippen molar-refractivity contribution in [3.8, 4) is 0 Å². The van der Waals surface area contributed by atoms with Gasteiger partial charge in [-0.05, 0) is 48.9 Å². The zero-order valence-electron chi connectivity index (χ0n) is 9.56. The van der Waals surface area contributed by atoms with Crippen molar-refractivity contribution in [2.45, 2.75) is 39.0 Å². The SMILES string of the molecule is CCC(Cl)C(C)Cc1cc(F)ccc1C. The van der Waals surface area contributed by atoms with E-state index in [1.165, 1.54) is 6.07 Å². The molecule has 0 aliphatic carbocycles. The Balaban J connectivity index is 2.75. The van der Waals surface area contributed by atoms with Crippen molar-refractivity contribution in [2.75, 3.05) is 0 Å². The van der Waals surface area contributed by atoms with Crippen LogP contribution in [0.15, 0.2) is 18.2 Å². The Bertz CT molecular complexity index is 322. The first kappa shape index (κ1) is 12.5. The number of alkyl halides is 1. The van der Waals surface area contributed by atoms with Gasteiger partial charge in [-0.2, -0.15) is 0 Å². The molecular weight excluding hydrogens is 211 g/mol. The van der Waals surface area contributed by atoms with E-state index in [4.69, 9.17) is 11.6 Å². The molecule has 2 unspecified atom stereocenters. The highest BCUT2D eigenvalue weighted by Crippen LogP contribution is 2.21. The van der Waals surface area contributed by atoms with E-state index < -0.39 is 0 Å². The van der Waals surface area contributed by atoms with Gasteiger partial charge in [-0.3, -0.25) is 0 Å². The number of hydrogen-bond acceptors (Lipinski definition) is 0. The summed E-state index contributed by atoms with van der Waals surface area (Å²) in [4.78, 5) is 0. The van der Waals surface area contributed by atoms with Gasteiger partial charge < -0.3 is 0 Å². The lowest BCUT2D eigenvalue weighted by Gasteiger charge is -2.17. The molecule has 0 aliphatic heterocycles. The van der Waals surface area contributed by atoms with Crippen LogP contribution in [0.2, 0.25) is 0 Å². The van der Waals surface area contributed by atoms with E-state index >= 15 is 0 Å². The molecule has 2 heteroatoms. The van der Waals surface area contributed by atoms with Crippen LogP contribution in [0, 0.1) is 18.7 Å². The van der Waals surface area contributed by atoms with Crippen molar-refractivity contribution in [3.05, 3.63) is 35.1 Å². The van der Waals surface area contributed by atoms with Crippen molar-refractivity contribution < 1.29 is 4.39 Å². The fraction of sp³-hybridized carbons (Fsp3) is 0.538. The second-order valence-corrected chi connectivity index (χ2v) is 4.74. The Morgan fingerprint density at radius 3 is 2.67 bits per heavy atom. The highest BCUT2D eigenvalue weighted by Gasteiger charge is 2.14. The summed E-state index contributed by atoms with van der Waals surface area (Å²) in [6.07, 6.45) is 1.81. The van der Waals surface area contributed by atoms with Gasteiger partial charge in [0, 0.05) is 5.38 Å². The summed E-state index contributed by atoms with van der Waals surface area (Å²) in [5, 5.41) is 0.174.